The lowest BCUT2D eigenvalue weighted by Crippen LogP contribution is -2.58. The lowest BCUT2D eigenvalue weighted by atomic mass is 9.97. The number of thioether (sulfide) groups is 1. The number of carboxylic acid groups (broad SMARTS) is 1. The second-order valence-electron chi connectivity index (χ2n) is 8.03. The zero-order valence-corrected chi connectivity index (χ0v) is 19.8. The number of aliphatic hydroxyl groups excluding tert-OH is 1. The van der Waals surface area contributed by atoms with Crippen LogP contribution in [0.2, 0.25) is 0 Å². The maximum atomic E-state index is 12.8. The first-order valence-corrected chi connectivity index (χ1v) is 11.9. The van der Waals surface area contributed by atoms with Gasteiger partial charge < -0.3 is 31.9 Å². The van der Waals surface area contributed by atoms with Crippen molar-refractivity contribution >= 4 is 35.5 Å². The van der Waals surface area contributed by atoms with Gasteiger partial charge in [0.15, 0.2) is 0 Å². The van der Waals surface area contributed by atoms with Crippen molar-refractivity contribution < 1.29 is 29.4 Å². The number of nitrogens with two attached hydrogens (primary N) is 1. The van der Waals surface area contributed by atoms with E-state index in [-0.39, 0.29) is 18.3 Å². The fraction of sp³-hybridized carbons (Fsp3) is 0.800. The highest BCUT2D eigenvalue weighted by Crippen LogP contribution is 2.09. The summed E-state index contributed by atoms with van der Waals surface area (Å²) in [5.41, 5.74) is 5.94. The largest absolute Gasteiger partial charge is 0.480 e. The standard InChI is InChI=1S/C20H38N4O6S/c1-6-12(4)16(21)19(28)23-14(9-11(2)3)17(26)24-15(10-25)18(27)22-13(20(29)30)7-8-31-5/h11-16,25H,6-10,21H2,1-5H3,(H,22,27)(H,23,28)(H,24,26)(H,29,30). The van der Waals surface area contributed by atoms with E-state index in [2.05, 4.69) is 16.0 Å². The van der Waals surface area contributed by atoms with E-state index in [0.29, 0.717) is 18.6 Å². The van der Waals surface area contributed by atoms with Crippen LogP contribution in [-0.2, 0) is 19.2 Å². The van der Waals surface area contributed by atoms with Gasteiger partial charge in [0.25, 0.3) is 0 Å². The van der Waals surface area contributed by atoms with Gasteiger partial charge in [0.2, 0.25) is 17.7 Å². The van der Waals surface area contributed by atoms with E-state index in [1.807, 2.05) is 34.0 Å². The molecule has 0 aliphatic carbocycles. The maximum Gasteiger partial charge on any atom is 0.326 e. The van der Waals surface area contributed by atoms with Gasteiger partial charge in [-0.2, -0.15) is 11.8 Å². The quantitative estimate of drug-likeness (QED) is 0.192. The molecule has 0 aromatic heterocycles. The predicted molar refractivity (Wildman–Crippen MR) is 120 cm³/mol. The fourth-order valence-electron chi connectivity index (χ4n) is 2.72. The van der Waals surface area contributed by atoms with Gasteiger partial charge >= 0.3 is 5.97 Å². The molecule has 10 nitrogen and oxygen atoms in total. The molecule has 0 aromatic carbocycles. The number of carboxylic acids is 1. The second-order valence-corrected chi connectivity index (χ2v) is 9.01. The molecule has 0 saturated carbocycles. The third kappa shape index (κ3) is 10.8. The Hall–Kier alpha value is -1.85. The summed E-state index contributed by atoms with van der Waals surface area (Å²) in [4.78, 5) is 49.0. The molecule has 0 aliphatic rings. The average Bonchev–Trinajstić information content (AvgIpc) is 2.72. The summed E-state index contributed by atoms with van der Waals surface area (Å²) >= 11 is 1.44. The van der Waals surface area contributed by atoms with Gasteiger partial charge in [-0.05, 0) is 36.7 Å². The molecule has 7 N–H and O–H groups in total. The molecule has 3 amide bonds. The fourth-order valence-corrected chi connectivity index (χ4v) is 3.19. The smallest absolute Gasteiger partial charge is 0.326 e. The van der Waals surface area contributed by atoms with Crippen molar-refractivity contribution in [3.05, 3.63) is 0 Å². The van der Waals surface area contributed by atoms with Crippen molar-refractivity contribution in [3.8, 4) is 0 Å². The average molecular weight is 463 g/mol. The summed E-state index contributed by atoms with van der Waals surface area (Å²) in [6.07, 6.45) is 3.02. The molecule has 5 unspecified atom stereocenters. The topological polar surface area (TPSA) is 171 Å². The molecule has 0 spiro atoms. The minimum absolute atomic E-state index is 0.0558. The molecule has 0 radical (unpaired) electrons. The Bertz CT molecular complexity index is 604. The molecule has 0 bridgehead atoms. The molecule has 0 rings (SSSR count). The third-order valence-corrected chi connectivity index (χ3v) is 5.58. The molecule has 180 valence electrons. The highest BCUT2D eigenvalue weighted by atomic mass is 32.2. The van der Waals surface area contributed by atoms with Gasteiger partial charge in [-0.1, -0.05) is 34.1 Å². The number of amides is 3. The Balaban J connectivity index is 5.23. The van der Waals surface area contributed by atoms with E-state index < -0.39 is 54.5 Å². The number of hydrogen-bond acceptors (Lipinski definition) is 7. The Morgan fingerprint density at radius 1 is 0.935 bits per heavy atom. The van der Waals surface area contributed by atoms with Crippen molar-refractivity contribution in [3.63, 3.8) is 0 Å². The SMILES string of the molecule is CCC(C)C(N)C(=O)NC(CC(C)C)C(=O)NC(CO)C(=O)NC(CCSC)C(=O)O. The first kappa shape index (κ1) is 29.1. The summed E-state index contributed by atoms with van der Waals surface area (Å²) < 4.78 is 0. The van der Waals surface area contributed by atoms with Gasteiger partial charge in [-0.3, -0.25) is 14.4 Å². The summed E-state index contributed by atoms with van der Waals surface area (Å²) in [5, 5.41) is 26.2. The molecule has 31 heavy (non-hydrogen) atoms. The van der Waals surface area contributed by atoms with Crippen LogP contribution in [0, 0.1) is 11.8 Å². The van der Waals surface area contributed by atoms with E-state index >= 15 is 0 Å². The van der Waals surface area contributed by atoms with Crippen molar-refractivity contribution in [2.24, 2.45) is 17.6 Å². The van der Waals surface area contributed by atoms with Crippen LogP contribution in [0.15, 0.2) is 0 Å². The minimum Gasteiger partial charge on any atom is -0.480 e. The Kier molecular flexibility index (Phi) is 14.1. The number of carbonyl (C=O) groups is 4. The molecule has 0 saturated heterocycles. The summed E-state index contributed by atoms with van der Waals surface area (Å²) in [7, 11) is 0. The molecule has 5 atom stereocenters. The number of aliphatic hydroxyl groups is 1. The highest BCUT2D eigenvalue weighted by Gasteiger charge is 2.31. The van der Waals surface area contributed by atoms with E-state index in [1.54, 1.807) is 0 Å². The number of nitrogens with one attached hydrogen (secondary N) is 3. The number of rotatable bonds is 15. The van der Waals surface area contributed by atoms with E-state index in [0.717, 1.165) is 0 Å². The summed E-state index contributed by atoms with van der Waals surface area (Å²) in [6, 6.07) is -4.21. The zero-order chi connectivity index (χ0) is 24.1. The first-order valence-electron chi connectivity index (χ1n) is 10.5. The zero-order valence-electron chi connectivity index (χ0n) is 19.0. The maximum absolute atomic E-state index is 12.8. The highest BCUT2D eigenvalue weighted by molar-refractivity contribution is 7.98. The number of aliphatic carboxylic acids is 1. The van der Waals surface area contributed by atoms with E-state index in [1.165, 1.54) is 11.8 Å². The Labute approximate surface area is 188 Å². The Morgan fingerprint density at radius 2 is 1.45 bits per heavy atom. The lowest BCUT2D eigenvalue weighted by molar-refractivity contribution is -0.142. The third-order valence-electron chi connectivity index (χ3n) is 4.94. The van der Waals surface area contributed by atoms with Gasteiger partial charge in [0.1, 0.15) is 18.1 Å². The van der Waals surface area contributed by atoms with Gasteiger partial charge in [-0.15, -0.1) is 0 Å². The summed E-state index contributed by atoms with van der Waals surface area (Å²) in [6.45, 7) is 6.77. The molecule has 0 aliphatic heterocycles. The normalized spacial score (nSPS) is 16.0. The lowest BCUT2D eigenvalue weighted by Gasteiger charge is -2.26. The van der Waals surface area contributed by atoms with E-state index in [9.17, 15) is 29.4 Å². The molecule has 0 fully saturated rings. The minimum atomic E-state index is -1.35. The second kappa shape index (κ2) is 15.0. The van der Waals surface area contributed by atoms with Crippen LogP contribution < -0.4 is 21.7 Å². The van der Waals surface area contributed by atoms with Crippen LogP contribution in [0.3, 0.4) is 0 Å². The number of hydrogen-bond donors (Lipinski definition) is 6. The van der Waals surface area contributed by atoms with E-state index in [4.69, 9.17) is 5.73 Å². The van der Waals surface area contributed by atoms with Crippen LogP contribution in [0.4, 0.5) is 0 Å². The molecular weight excluding hydrogens is 424 g/mol. The van der Waals surface area contributed by atoms with Crippen LogP contribution in [0.25, 0.3) is 0 Å². The van der Waals surface area contributed by atoms with Crippen LogP contribution in [-0.4, -0.2) is 76.7 Å². The van der Waals surface area contributed by atoms with Crippen molar-refractivity contribution in [2.75, 3.05) is 18.6 Å². The summed E-state index contributed by atoms with van der Waals surface area (Å²) in [5.74, 6) is -2.63. The van der Waals surface area contributed by atoms with Crippen LogP contribution >= 0.6 is 11.8 Å². The molecule has 0 heterocycles. The Morgan fingerprint density at radius 3 is 1.90 bits per heavy atom. The van der Waals surface area contributed by atoms with Crippen molar-refractivity contribution in [1.82, 2.24) is 16.0 Å². The monoisotopic (exact) mass is 462 g/mol. The predicted octanol–water partition coefficient (Wildman–Crippen LogP) is -0.310. The van der Waals surface area contributed by atoms with Gasteiger partial charge in [-0.25, -0.2) is 4.79 Å². The van der Waals surface area contributed by atoms with Crippen LogP contribution in [0.1, 0.15) is 47.0 Å². The van der Waals surface area contributed by atoms with Crippen molar-refractivity contribution in [2.45, 2.75) is 71.1 Å². The first-order chi connectivity index (χ1) is 14.5. The molecular formula is C20H38N4O6S. The van der Waals surface area contributed by atoms with Crippen molar-refractivity contribution in [1.29, 1.82) is 0 Å². The molecule has 0 aromatic rings. The van der Waals surface area contributed by atoms with Crippen LogP contribution in [0.5, 0.6) is 0 Å². The van der Waals surface area contributed by atoms with Gasteiger partial charge in [0.05, 0.1) is 12.6 Å². The molecule has 11 heteroatoms. The van der Waals surface area contributed by atoms with Gasteiger partial charge in [0, 0.05) is 0 Å². The number of carbonyl (C=O) groups excluding carboxylic acids is 3.